The minimum absolute atomic E-state index is 0.367. The first-order chi connectivity index (χ1) is 10.1. The Labute approximate surface area is 126 Å². The Kier molecular flexibility index (Phi) is 5.14. The quantitative estimate of drug-likeness (QED) is 0.868. The largest absolute Gasteiger partial charge is 0.494 e. The van der Waals surface area contributed by atoms with E-state index in [9.17, 15) is 0 Å². The molecule has 2 aromatic rings. The number of rotatable bonds is 6. The van der Waals surface area contributed by atoms with Gasteiger partial charge in [-0.3, -0.25) is 0 Å². The highest BCUT2D eigenvalue weighted by atomic mass is 16.5. The van der Waals surface area contributed by atoms with Gasteiger partial charge in [0.05, 0.1) is 6.61 Å². The highest BCUT2D eigenvalue weighted by Crippen LogP contribution is 2.23. The molecule has 112 valence electrons. The normalized spacial score (nSPS) is 10.7. The maximum absolute atomic E-state index is 5.47. The molecule has 2 rings (SSSR count). The van der Waals surface area contributed by atoms with Crippen LogP contribution >= 0.6 is 0 Å². The zero-order valence-corrected chi connectivity index (χ0v) is 13.2. The van der Waals surface area contributed by atoms with E-state index in [1.165, 1.54) is 0 Å². The van der Waals surface area contributed by atoms with E-state index in [1.807, 2.05) is 37.3 Å². The van der Waals surface area contributed by atoms with E-state index >= 15 is 0 Å². The maximum atomic E-state index is 5.47. The molecule has 0 atom stereocenters. The molecule has 0 unspecified atom stereocenters. The zero-order valence-electron chi connectivity index (χ0n) is 13.2. The summed E-state index contributed by atoms with van der Waals surface area (Å²) in [6.45, 7) is 9.83. The van der Waals surface area contributed by atoms with Gasteiger partial charge in [-0.05, 0) is 44.0 Å². The lowest BCUT2D eigenvalue weighted by Crippen LogP contribution is -2.05. The van der Waals surface area contributed by atoms with Crippen molar-refractivity contribution in [3.05, 3.63) is 36.0 Å². The Morgan fingerprint density at radius 3 is 2.38 bits per heavy atom. The van der Waals surface area contributed by atoms with E-state index < -0.39 is 0 Å². The van der Waals surface area contributed by atoms with Gasteiger partial charge in [-0.15, -0.1) is 0 Å². The lowest BCUT2D eigenvalue weighted by molar-refractivity contribution is 0.340. The SMILES string of the molecule is CCNc1cc(C(C)C)nc(-c2ccc(OCC)cc2)n1. The van der Waals surface area contributed by atoms with Crippen LogP contribution < -0.4 is 10.1 Å². The number of benzene rings is 1. The van der Waals surface area contributed by atoms with Gasteiger partial charge in [-0.25, -0.2) is 9.97 Å². The van der Waals surface area contributed by atoms with Crippen LogP contribution in [0.1, 0.15) is 39.3 Å². The molecule has 0 radical (unpaired) electrons. The fourth-order valence-corrected chi connectivity index (χ4v) is 2.03. The van der Waals surface area contributed by atoms with Crippen molar-refractivity contribution in [1.29, 1.82) is 0 Å². The maximum Gasteiger partial charge on any atom is 0.161 e. The van der Waals surface area contributed by atoms with E-state index in [1.54, 1.807) is 0 Å². The summed E-state index contributed by atoms with van der Waals surface area (Å²) >= 11 is 0. The summed E-state index contributed by atoms with van der Waals surface area (Å²) < 4.78 is 5.47. The number of anilines is 1. The molecule has 0 amide bonds. The minimum Gasteiger partial charge on any atom is -0.494 e. The number of nitrogens with zero attached hydrogens (tertiary/aromatic N) is 2. The molecular weight excluding hydrogens is 262 g/mol. The lowest BCUT2D eigenvalue weighted by Gasteiger charge is -2.11. The highest BCUT2D eigenvalue weighted by Gasteiger charge is 2.09. The van der Waals surface area contributed by atoms with Crippen molar-refractivity contribution >= 4 is 5.82 Å². The molecule has 0 aliphatic carbocycles. The van der Waals surface area contributed by atoms with Crippen LogP contribution in [0.25, 0.3) is 11.4 Å². The number of ether oxygens (including phenoxy) is 1. The molecular formula is C17H23N3O. The van der Waals surface area contributed by atoms with Crippen LogP contribution in [0.3, 0.4) is 0 Å². The second-order valence-electron chi connectivity index (χ2n) is 5.14. The van der Waals surface area contributed by atoms with Gasteiger partial charge in [0.1, 0.15) is 11.6 Å². The standard InChI is InChI=1S/C17H23N3O/c1-5-18-16-11-15(12(3)4)19-17(20-16)13-7-9-14(10-8-13)21-6-2/h7-12H,5-6H2,1-4H3,(H,18,19,20). The van der Waals surface area contributed by atoms with Crippen molar-refractivity contribution in [2.75, 3.05) is 18.5 Å². The monoisotopic (exact) mass is 285 g/mol. The molecule has 4 heteroatoms. The third kappa shape index (κ3) is 3.94. The first-order valence-corrected chi connectivity index (χ1v) is 7.50. The topological polar surface area (TPSA) is 47.0 Å². The molecule has 0 aliphatic heterocycles. The predicted molar refractivity (Wildman–Crippen MR) is 86.9 cm³/mol. The molecule has 21 heavy (non-hydrogen) atoms. The third-order valence-electron chi connectivity index (χ3n) is 3.12. The molecule has 0 spiro atoms. The van der Waals surface area contributed by atoms with Gasteiger partial charge in [0.15, 0.2) is 5.82 Å². The van der Waals surface area contributed by atoms with Gasteiger partial charge in [-0.1, -0.05) is 13.8 Å². The van der Waals surface area contributed by atoms with E-state index in [-0.39, 0.29) is 0 Å². The first kappa shape index (κ1) is 15.3. The average molecular weight is 285 g/mol. The molecule has 1 N–H and O–H groups in total. The number of hydrogen-bond donors (Lipinski definition) is 1. The first-order valence-electron chi connectivity index (χ1n) is 7.50. The van der Waals surface area contributed by atoms with Gasteiger partial charge in [0, 0.05) is 23.9 Å². The van der Waals surface area contributed by atoms with Crippen LogP contribution in [0.2, 0.25) is 0 Å². The molecule has 0 fully saturated rings. The summed E-state index contributed by atoms with van der Waals surface area (Å²) in [5.41, 5.74) is 2.05. The zero-order chi connectivity index (χ0) is 15.2. The number of hydrogen-bond acceptors (Lipinski definition) is 4. The summed E-state index contributed by atoms with van der Waals surface area (Å²) in [7, 11) is 0. The lowest BCUT2D eigenvalue weighted by atomic mass is 10.1. The molecule has 0 aliphatic rings. The average Bonchev–Trinajstić information content (AvgIpc) is 2.48. The Morgan fingerprint density at radius 1 is 1.10 bits per heavy atom. The number of aromatic nitrogens is 2. The Balaban J connectivity index is 2.36. The van der Waals surface area contributed by atoms with Gasteiger partial charge in [0.2, 0.25) is 0 Å². The summed E-state index contributed by atoms with van der Waals surface area (Å²) in [6.07, 6.45) is 0. The molecule has 4 nitrogen and oxygen atoms in total. The van der Waals surface area contributed by atoms with E-state index in [4.69, 9.17) is 4.74 Å². The smallest absolute Gasteiger partial charge is 0.161 e. The van der Waals surface area contributed by atoms with E-state index in [2.05, 4.69) is 36.1 Å². The fourth-order valence-electron chi connectivity index (χ4n) is 2.03. The molecule has 1 heterocycles. The van der Waals surface area contributed by atoms with Crippen molar-refractivity contribution in [2.24, 2.45) is 0 Å². The summed E-state index contributed by atoms with van der Waals surface area (Å²) in [4.78, 5) is 9.26. The van der Waals surface area contributed by atoms with Crippen LogP contribution in [-0.4, -0.2) is 23.1 Å². The van der Waals surface area contributed by atoms with Crippen molar-refractivity contribution < 1.29 is 4.74 Å². The van der Waals surface area contributed by atoms with E-state index in [0.29, 0.717) is 12.5 Å². The van der Waals surface area contributed by atoms with Crippen molar-refractivity contribution in [3.8, 4) is 17.1 Å². The predicted octanol–water partition coefficient (Wildman–Crippen LogP) is 4.10. The van der Waals surface area contributed by atoms with Crippen LogP contribution in [0, 0.1) is 0 Å². The molecule has 0 saturated carbocycles. The summed E-state index contributed by atoms with van der Waals surface area (Å²) in [5.74, 6) is 2.86. The second-order valence-corrected chi connectivity index (χ2v) is 5.14. The highest BCUT2D eigenvalue weighted by molar-refractivity contribution is 5.59. The van der Waals surface area contributed by atoms with Gasteiger partial charge < -0.3 is 10.1 Å². The van der Waals surface area contributed by atoms with Crippen molar-refractivity contribution in [1.82, 2.24) is 9.97 Å². The van der Waals surface area contributed by atoms with Crippen LogP contribution in [0.4, 0.5) is 5.82 Å². The molecule has 1 aromatic carbocycles. The van der Waals surface area contributed by atoms with Gasteiger partial charge in [0.25, 0.3) is 0 Å². The van der Waals surface area contributed by atoms with Crippen molar-refractivity contribution in [2.45, 2.75) is 33.6 Å². The number of nitrogens with one attached hydrogen (secondary N) is 1. The van der Waals surface area contributed by atoms with E-state index in [0.717, 1.165) is 35.2 Å². The van der Waals surface area contributed by atoms with Crippen LogP contribution in [0.5, 0.6) is 5.75 Å². The Hall–Kier alpha value is -2.10. The van der Waals surface area contributed by atoms with Gasteiger partial charge in [-0.2, -0.15) is 0 Å². The van der Waals surface area contributed by atoms with Crippen LogP contribution in [0.15, 0.2) is 30.3 Å². The Bertz CT molecular complexity index is 579. The Morgan fingerprint density at radius 2 is 1.81 bits per heavy atom. The van der Waals surface area contributed by atoms with Crippen LogP contribution in [-0.2, 0) is 0 Å². The third-order valence-corrected chi connectivity index (χ3v) is 3.12. The molecule has 0 saturated heterocycles. The molecule has 0 bridgehead atoms. The fraction of sp³-hybridized carbons (Fsp3) is 0.412. The van der Waals surface area contributed by atoms with Crippen molar-refractivity contribution in [3.63, 3.8) is 0 Å². The summed E-state index contributed by atoms with van der Waals surface area (Å²) in [5, 5.41) is 3.27. The van der Waals surface area contributed by atoms with Gasteiger partial charge >= 0.3 is 0 Å². The minimum atomic E-state index is 0.367. The summed E-state index contributed by atoms with van der Waals surface area (Å²) in [6, 6.07) is 9.93. The molecule has 1 aromatic heterocycles. The second kappa shape index (κ2) is 7.07.